The van der Waals surface area contributed by atoms with Gasteiger partial charge in [0.25, 0.3) is 11.8 Å². The topological polar surface area (TPSA) is 324 Å². The number of amides is 10. The summed E-state index contributed by atoms with van der Waals surface area (Å²) in [7, 11) is 9.97. The number of ether oxygens (including phenoxy) is 4. The number of Topliss-reactive ketones (excluding diaryl/α,β-unsaturated/α-hetero) is 2. The molecule has 25 nitrogen and oxygen atoms in total. The van der Waals surface area contributed by atoms with Gasteiger partial charge in [-0.05, 0) is 112 Å². The summed E-state index contributed by atoms with van der Waals surface area (Å²) in [5.41, 5.74) is 6.59. The number of imide groups is 1. The first-order valence-corrected chi connectivity index (χ1v) is 34.4. The van der Waals surface area contributed by atoms with E-state index in [0.29, 0.717) is 55.3 Å². The summed E-state index contributed by atoms with van der Waals surface area (Å²) in [6.45, 7) is 19.1. The number of primary amides is 1. The van der Waals surface area contributed by atoms with Crippen LogP contribution in [-0.2, 0) is 68.7 Å². The second-order valence-electron chi connectivity index (χ2n) is 27.5. The number of methoxy groups -OCH3 is 3. The van der Waals surface area contributed by atoms with E-state index >= 15 is 0 Å². The van der Waals surface area contributed by atoms with Crippen molar-refractivity contribution in [2.45, 2.75) is 201 Å². The van der Waals surface area contributed by atoms with Gasteiger partial charge in [-0.25, -0.2) is 14.0 Å². The van der Waals surface area contributed by atoms with Gasteiger partial charge in [-0.15, -0.1) is 0 Å². The first-order valence-electron chi connectivity index (χ1n) is 34.4. The van der Waals surface area contributed by atoms with Gasteiger partial charge in [0.05, 0.1) is 66.9 Å². The Morgan fingerprint density at radius 3 is 1.92 bits per heavy atom. The molecule has 98 heavy (non-hydrogen) atoms. The molecule has 1 unspecified atom stereocenters. The normalized spacial score (nSPS) is 18.1. The monoisotopic (exact) mass is 1370 g/mol. The molecule has 0 radical (unpaired) electrons. The minimum atomic E-state index is -0.957. The number of nitrogens with one attached hydrogen (secondary N) is 5. The second-order valence-corrected chi connectivity index (χ2v) is 27.5. The highest BCUT2D eigenvalue weighted by molar-refractivity contribution is 6.12. The summed E-state index contributed by atoms with van der Waals surface area (Å²) >= 11 is 0. The minimum absolute atomic E-state index is 0.0121. The summed E-state index contributed by atoms with van der Waals surface area (Å²) in [6, 6.07) is 6.84. The smallest absolute Gasteiger partial charge is 0.408 e. The Hall–Kier alpha value is -7.68. The van der Waals surface area contributed by atoms with Gasteiger partial charge in [0.1, 0.15) is 12.4 Å². The van der Waals surface area contributed by atoms with Crippen LogP contribution in [0.2, 0.25) is 0 Å². The molecule has 1 saturated heterocycles. The SMILES string of the molecule is CC[C@H](C)[C@@H]([C@@H](CC(=O)N1C[C@H](OC)C[C@H]1[C@H](OC)[C@@H](C)C(=O)N[C@H](C)C(NC(=O)OCc1ccc(NC(=O)[C@H](CCCNC(N)=O)CC(=O)[C@@H](NC(=O)CCCCCN2C(=O)C=CC2=O)C(C)C)cc1)c1ccc(F)cc1)OC)N(C)C(=O)[C@@H](CC(=O)[C@H](C(C)C)N(C)C)C(C)C. The predicted molar refractivity (Wildman–Crippen MR) is 369 cm³/mol. The number of urea groups is 1. The van der Waals surface area contributed by atoms with Crippen LogP contribution in [0, 0.1) is 47.2 Å². The number of unbranched alkanes of at least 4 members (excludes halogenated alkanes) is 2. The number of nitrogens with zero attached hydrogens (tertiary/aromatic N) is 4. The number of anilines is 1. The molecule has 0 saturated carbocycles. The number of nitrogens with two attached hydrogens (primary N) is 1. The van der Waals surface area contributed by atoms with Crippen LogP contribution in [-0.4, -0.2) is 195 Å². The Morgan fingerprint density at radius 1 is 0.724 bits per heavy atom. The largest absolute Gasteiger partial charge is 0.445 e. The highest BCUT2D eigenvalue weighted by Crippen LogP contribution is 2.33. The molecule has 1 fully saturated rings. The number of alkyl carbamates (subject to hydrolysis) is 1. The summed E-state index contributed by atoms with van der Waals surface area (Å²) < 4.78 is 38.1. The van der Waals surface area contributed by atoms with Crippen LogP contribution in [0.25, 0.3) is 0 Å². The standard InChI is InChI=1S/C72H111FN10O15/c1-17-45(8)66(81(13)70(92)54(42(2)3)38-57(85)65(44(6)7)80(11)12)58(96-15)39-62(89)83-40-53(95-14)37-55(83)67(97-16)46(9)68(90)76-47(10)64(49-26-28-51(73)29-27-49)79-72(94)98-41-48-24-30-52(31-25-48)77-69(91)50(22-21-34-75-71(74)93)36-56(84)63(43(4)5)78-59(86)23-19-18-20-35-82-60(87)32-33-61(82)88/h24-33,42-47,50,53-55,58,63-67H,17-23,34-41H2,1-16H3,(H,76,90)(H,77,91)(H,78,86)(H,79,94)(H3,74,75,93)/t45-,46+,47+,50+,53+,54-,55-,58+,63-,64?,65-,66-,67+/m0/s1. The Morgan fingerprint density at radius 2 is 1.37 bits per heavy atom. The molecular weight excluding hydrogens is 1260 g/mol. The van der Waals surface area contributed by atoms with Crippen LogP contribution in [0.1, 0.15) is 157 Å². The Balaban J connectivity index is 1.43. The van der Waals surface area contributed by atoms with Crippen molar-refractivity contribution in [2.24, 2.45) is 47.2 Å². The molecule has 0 aromatic heterocycles. The number of benzene rings is 2. The summed E-state index contributed by atoms with van der Waals surface area (Å²) in [5.74, 6) is -6.39. The zero-order chi connectivity index (χ0) is 73.2. The Bertz CT molecular complexity index is 2990. The summed E-state index contributed by atoms with van der Waals surface area (Å²) in [5, 5.41) is 14.0. The van der Waals surface area contributed by atoms with Gasteiger partial charge in [-0.1, -0.05) is 99.4 Å². The Labute approximate surface area is 578 Å². The van der Waals surface area contributed by atoms with Crippen LogP contribution >= 0.6 is 0 Å². The number of rotatable bonds is 42. The molecule has 4 rings (SSSR count). The first-order chi connectivity index (χ1) is 46.3. The molecule has 2 aromatic carbocycles. The molecule has 0 aliphatic carbocycles. The van der Waals surface area contributed by atoms with E-state index in [0.717, 1.165) is 4.90 Å². The predicted octanol–water partition coefficient (Wildman–Crippen LogP) is 7.25. The molecule has 0 spiro atoms. The van der Waals surface area contributed by atoms with Crippen molar-refractivity contribution in [1.29, 1.82) is 0 Å². The lowest BCUT2D eigenvalue weighted by Gasteiger charge is -2.41. The minimum Gasteiger partial charge on any atom is -0.445 e. The maximum Gasteiger partial charge on any atom is 0.408 e. The van der Waals surface area contributed by atoms with Crippen molar-refractivity contribution in [3.63, 3.8) is 0 Å². The molecule has 2 heterocycles. The number of halogens is 1. The van der Waals surface area contributed by atoms with Crippen LogP contribution in [0.3, 0.4) is 0 Å². The highest BCUT2D eigenvalue weighted by atomic mass is 19.1. The molecule has 2 aliphatic heterocycles. The van der Waals surface area contributed by atoms with E-state index < -0.39 is 96.0 Å². The lowest BCUT2D eigenvalue weighted by Crippen LogP contribution is -2.55. The average molecular weight is 1380 g/mol. The molecule has 2 aliphatic rings. The molecule has 546 valence electrons. The van der Waals surface area contributed by atoms with E-state index in [4.69, 9.17) is 24.7 Å². The number of likely N-dealkylation sites (tertiary alicyclic amines) is 1. The zero-order valence-electron chi connectivity index (χ0n) is 60.5. The third-order valence-corrected chi connectivity index (χ3v) is 19.0. The second kappa shape index (κ2) is 40.4. The van der Waals surface area contributed by atoms with Crippen LogP contribution in [0.5, 0.6) is 0 Å². The molecule has 2 aromatic rings. The average Bonchev–Trinajstić information content (AvgIpc) is 1.42. The maximum atomic E-state index is 14.8. The van der Waals surface area contributed by atoms with E-state index in [1.807, 2.05) is 60.5 Å². The van der Waals surface area contributed by atoms with E-state index in [2.05, 4.69) is 26.6 Å². The fourth-order valence-corrected chi connectivity index (χ4v) is 13.3. The van der Waals surface area contributed by atoms with Crippen LogP contribution in [0.4, 0.5) is 19.7 Å². The van der Waals surface area contributed by atoms with Crippen LogP contribution < -0.4 is 32.3 Å². The Kier molecular flexibility index (Phi) is 34.1. The molecule has 7 N–H and O–H groups in total. The fourth-order valence-electron chi connectivity index (χ4n) is 13.3. The van der Waals surface area contributed by atoms with E-state index in [1.165, 1.54) is 50.6 Å². The summed E-state index contributed by atoms with van der Waals surface area (Å²) in [4.78, 5) is 154. The lowest BCUT2D eigenvalue weighted by molar-refractivity contribution is -0.149. The van der Waals surface area contributed by atoms with Crippen LogP contribution in [0.15, 0.2) is 60.7 Å². The van der Waals surface area contributed by atoms with Gasteiger partial charge in [0.2, 0.25) is 29.5 Å². The van der Waals surface area contributed by atoms with Gasteiger partial charge < -0.3 is 61.1 Å². The number of likely N-dealkylation sites (N-methyl/N-ethyl adjacent to an activating group) is 2. The molecule has 13 atom stereocenters. The van der Waals surface area contributed by atoms with Gasteiger partial charge in [-0.3, -0.25) is 53.0 Å². The van der Waals surface area contributed by atoms with Gasteiger partial charge in [0, 0.05) is 96.9 Å². The number of carbonyl (C=O) groups excluding carboxylic acids is 11. The van der Waals surface area contributed by atoms with Crippen molar-refractivity contribution in [3.05, 3.63) is 77.6 Å². The van der Waals surface area contributed by atoms with E-state index in [9.17, 15) is 57.1 Å². The number of hydrogen-bond donors (Lipinski definition) is 6. The first kappa shape index (κ1) is 82.7. The van der Waals surface area contributed by atoms with Crippen molar-refractivity contribution in [1.82, 2.24) is 40.9 Å². The molecule has 0 bridgehead atoms. The van der Waals surface area contributed by atoms with Gasteiger partial charge in [0.15, 0.2) is 11.6 Å². The van der Waals surface area contributed by atoms with Gasteiger partial charge >= 0.3 is 12.1 Å². The number of ketones is 2. The maximum absolute atomic E-state index is 14.8. The summed E-state index contributed by atoms with van der Waals surface area (Å²) in [6.07, 6.45) is 2.39. The lowest BCUT2D eigenvalue weighted by atomic mass is 9.83. The van der Waals surface area contributed by atoms with E-state index in [-0.39, 0.29) is 129 Å². The molecular formula is C72H111FN10O15. The van der Waals surface area contributed by atoms with Crippen molar-refractivity contribution in [3.8, 4) is 0 Å². The third kappa shape index (κ3) is 24.6. The number of carbonyl (C=O) groups is 11. The van der Waals surface area contributed by atoms with Crippen molar-refractivity contribution >= 4 is 70.7 Å². The van der Waals surface area contributed by atoms with Crippen molar-refractivity contribution in [2.75, 3.05) is 67.4 Å². The molecule has 10 amide bonds. The van der Waals surface area contributed by atoms with E-state index in [1.54, 1.807) is 75.9 Å². The third-order valence-electron chi connectivity index (χ3n) is 19.0. The van der Waals surface area contributed by atoms with Gasteiger partial charge in [-0.2, -0.15) is 0 Å². The quantitative estimate of drug-likeness (QED) is 0.0282. The highest BCUT2D eigenvalue weighted by Gasteiger charge is 2.46. The van der Waals surface area contributed by atoms with Crippen molar-refractivity contribution < 1.29 is 76.1 Å². The number of hydrogen-bond acceptors (Lipinski definition) is 16. The zero-order valence-corrected chi connectivity index (χ0v) is 60.5. The molecule has 26 heteroatoms. The fraction of sp³-hybridized carbons (Fsp3) is 0.653.